The van der Waals surface area contributed by atoms with Gasteiger partial charge in [0.1, 0.15) is 0 Å². The minimum atomic E-state index is -4.77. The highest BCUT2D eigenvalue weighted by atomic mass is 19.4. The number of alkyl halides is 3. The van der Waals surface area contributed by atoms with Gasteiger partial charge in [-0.3, -0.25) is 0 Å². The van der Waals surface area contributed by atoms with Crippen LogP contribution in [0, 0.1) is 35.0 Å². The molecule has 0 aliphatic heterocycles. The Labute approximate surface area is 184 Å². The van der Waals surface area contributed by atoms with E-state index in [2.05, 4.69) is 43.9 Å². The largest absolute Gasteiger partial charge is 0.428 e. The van der Waals surface area contributed by atoms with Crippen LogP contribution in [0.1, 0.15) is 72.6 Å². The molecular weight excluding hydrogens is 401 g/mol. The molecule has 2 fully saturated rings. The van der Waals surface area contributed by atoms with Crippen LogP contribution in [0.2, 0.25) is 0 Å². The van der Waals surface area contributed by atoms with E-state index in [4.69, 9.17) is 0 Å². The van der Waals surface area contributed by atoms with Crippen molar-refractivity contribution in [1.82, 2.24) is 0 Å². The minimum absolute atomic E-state index is 0.111. The molecule has 0 heterocycles. The van der Waals surface area contributed by atoms with E-state index in [1.807, 2.05) is 6.92 Å². The Kier molecular flexibility index (Phi) is 6.84. The first kappa shape index (κ1) is 24.1. The van der Waals surface area contributed by atoms with E-state index in [1.54, 1.807) is 0 Å². The quantitative estimate of drug-likeness (QED) is 0.405. The van der Waals surface area contributed by atoms with E-state index >= 15 is 0 Å². The van der Waals surface area contributed by atoms with Gasteiger partial charge in [-0.15, -0.1) is 0 Å². The summed E-state index contributed by atoms with van der Waals surface area (Å²) < 4.78 is 38.8. The summed E-state index contributed by atoms with van der Waals surface area (Å²) >= 11 is 0. The van der Waals surface area contributed by atoms with Gasteiger partial charge in [-0.2, -0.15) is 13.2 Å². The number of hydrogen-bond acceptors (Lipinski definition) is 2. The van der Waals surface area contributed by atoms with Gasteiger partial charge in [0.05, 0.1) is 6.10 Å². The molecule has 5 heteroatoms. The highest BCUT2D eigenvalue weighted by Gasteiger charge is 2.49. The smallest absolute Gasteiger partial charge is 0.393 e. The number of aliphatic hydroxyl groups is 2. The molecule has 0 saturated heterocycles. The lowest BCUT2D eigenvalue weighted by Crippen LogP contribution is -2.40. The Morgan fingerprint density at radius 2 is 1.97 bits per heavy atom. The van der Waals surface area contributed by atoms with E-state index in [0.29, 0.717) is 18.8 Å². The van der Waals surface area contributed by atoms with Crippen molar-refractivity contribution in [1.29, 1.82) is 0 Å². The molecule has 0 amide bonds. The molecule has 0 aromatic heterocycles. The molecule has 0 radical (unpaired) electrons. The molecule has 6 atom stereocenters. The molecule has 0 aromatic rings. The molecule has 2 nitrogen and oxygen atoms in total. The third-order valence-electron chi connectivity index (χ3n) is 7.48. The van der Waals surface area contributed by atoms with E-state index in [0.717, 1.165) is 50.5 Å². The number of allylic oxidation sites excluding steroid dienone is 5. The van der Waals surface area contributed by atoms with Crippen LogP contribution >= 0.6 is 0 Å². The fourth-order valence-electron chi connectivity index (χ4n) is 5.75. The van der Waals surface area contributed by atoms with Crippen molar-refractivity contribution in [2.45, 2.75) is 90.5 Å². The minimum Gasteiger partial charge on any atom is -0.393 e. The van der Waals surface area contributed by atoms with Crippen LogP contribution in [0.15, 0.2) is 34.9 Å². The molecule has 0 spiro atoms. The second kappa shape index (κ2) is 8.79. The molecule has 2 N–H and O–H groups in total. The summed E-state index contributed by atoms with van der Waals surface area (Å²) in [6.07, 6.45) is 8.15. The number of aliphatic hydroxyl groups excluding tert-OH is 1. The van der Waals surface area contributed by atoms with Crippen molar-refractivity contribution < 1.29 is 23.4 Å². The fraction of sp³-hybridized carbons (Fsp3) is 0.692. The predicted molar refractivity (Wildman–Crippen MR) is 117 cm³/mol. The van der Waals surface area contributed by atoms with Crippen molar-refractivity contribution in [3.05, 3.63) is 34.9 Å². The van der Waals surface area contributed by atoms with Crippen LogP contribution in [-0.2, 0) is 0 Å². The van der Waals surface area contributed by atoms with Gasteiger partial charge in [-0.1, -0.05) is 60.6 Å². The molecule has 31 heavy (non-hydrogen) atoms. The molecule has 3 aliphatic carbocycles. The maximum atomic E-state index is 12.9. The summed E-state index contributed by atoms with van der Waals surface area (Å²) in [6.45, 7) is 6.93. The maximum absolute atomic E-state index is 12.9. The summed E-state index contributed by atoms with van der Waals surface area (Å²) in [5, 5.41) is 19.7. The normalized spacial score (nSPS) is 36.9. The first-order chi connectivity index (χ1) is 14.3. The van der Waals surface area contributed by atoms with Gasteiger partial charge in [-0.25, -0.2) is 0 Å². The predicted octanol–water partition coefficient (Wildman–Crippen LogP) is 6.11. The zero-order valence-electron chi connectivity index (χ0n) is 19.0. The van der Waals surface area contributed by atoms with Crippen molar-refractivity contribution >= 4 is 0 Å². The molecule has 2 saturated carbocycles. The maximum Gasteiger partial charge on any atom is 0.428 e. The SMILES string of the molecule is C[C@@H]1C/C(=C\C=C2/CCC[C@]3(C)C([C@H](C)C#CC(C)(O)C(F)(F)F)=CC[C@@H]23)C[C@@H](O)C1. The number of rotatable bonds is 2. The summed E-state index contributed by atoms with van der Waals surface area (Å²) in [4.78, 5) is 0. The van der Waals surface area contributed by atoms with E-state index in [9.17, 15) is 23.4 Å². The Morgan fingerprint density at radius 1 is 1.26 bits per heavy atom. The van der Waals surface area contributed by atoms with Crippen LogP contribution in [0.3, 0.4) is 0 Å². The van der Waals surface area contributed by atoms with Gasteiger partial charge in [0.2, 0.25) is 5.60 Å². The Morgan fingerprint density at radius 3 is 2.61 bits per heavy atom. The van der Waals surface area contributed by atoms with Gasteiger partial charge in [0.15, 0.2) is 0 Å². The molecule has 3 aliphatic rings. The molecular formula is C26H35F3O2. The Balaban J connectivity index is 1.78. The van der Waals surface area contributed by atoms with Crippen LogP contribution in [0.4, 0.5) is 13.2 Å². The van der Waals surface area contributed by atoms with E-state index in [1.165, 1.54) is 11.1 Å². The van der Waals surface area contributed by atoms with Gasteiger partial charge in [0, 0.05) is 5.92 Å². The average Bonchev–Trinajstić information content (AvgIpc) is 3.00. The second-order valence-electron chi connectivity index (χ2n) is 10.2. The molecule has 172 valence electrons. The lowest BCUT2D eigenvalue weighted by Gasteiger charge is -2.42. The van der Waals surface area contributed by atoms with Crippen molar-refractivity contribution in [3.8, 4) is 11.8 Å². The van der Waals surface area contributed by atoms with Crippen LogP contribution < -0.4 is 0 Å². The van der Waals surface area contributed by atoms with Crippen LogP contribution in [0.5, 0.6) is 0 Å². The fourth-order valence-corrected chi connectivity index (χ4v) is 5.75. The van der Waals surface area contributed by atoms with Crippen LogP contribution in [-0.4, -0.2) is 28.1 Å². The van der Waals surface area contributed by atoms with Gasteiger partial charge in [-0.05, 0) is 76.0 Å². The number of fused-ring (bicyclic) bond motifs is 1. The highest BCUT2D eigenvalue weighted by molar-refractivity contribution is 5.37. The van der Waals surface area contributed by atoms with Gasteiger partial charge >= 0.3 is 6.18 Å². The molecule has 0 aromatic carbocycles. The topological polar surface area (TPSA) is 40.5 Å². The number of halogens is 3. The summed E-state index contributed by atoms with van der Waals surface area (Å²) in [5.41, 5.74) is 0.684. The Hall–Kier alpha value is -1.51. The van der Waals surface area contributed by atoms with Gasteiger partial charge < -0.3 is 10.2 Å². The first-order valence-corrected chi connectivity index (χ1v) is 11.4. The third kappa shape index (κ3) is 5.12. The first-order valence-electron chi connectivity index (χ1n) is 11.4. The number of hydrogen-bond donors (Lipinski definition) is 2. The van der Waals surface area contributed by atoms with Crippen LogP contribution in [0.25, 0.3) is 0 Å². The van der Waals surface area contributed by atoms with E-state index in [-0.39, 0.29) is 17.4 Å². The molecule has 1 unspecified atom stereocenters. The van der Waals surface area contributed by atoms with E-state index < -0.39 is 11.8 Å². The van der Waals surface area contributed by atoms with Gasteiger partial charge in [0.25, 0.3) is 0 Å². The Bertz CT molecular complexity index is 825. The average molecular weight is 437 g/mol. The van der Waals surface area contributed by atoms with Crippen molar-refractivity contribution in [2.24, 2.45) is 23.2 Å². The summed E-state index contributed by atoms with van der Waals surface area (Å²) in [6, 6.07) is 0. The highest BCUT2D eigenvalue weighted by Crippen LogP contribution is 2.56. The monoisotopic (exact) mass is 436 g/mol. The lowest BCUT2D eigenvalue weighted by molar-refractivity contribution is -0.228. The van der Waals surface area contributed by atoms with Crippen molar-refractivity contribution in [3.63, 3.8) is 0 Å². The zero-order valence-corrected chi connectivity index (χ0v) is 19.0. The second-order valence-corrected chi connectivity index (χ2v) is 10.2. The standard InChI is InChI=1S/C26H35F3O2/c1-17-14-19(16-21(30)15-17)7-8-20-6-5-12-24(3)22(9-10-23(20)24)18(2)11-13-25(4,31)26(27,28)29/h7-9,17-18,21,23,30-31H,5-6,10,12,14-16H2,1-4H3/b19-7+,20-8+/t17-,18-,21+,23+,24-,25?/m1/s1. The zero-order chi connectivity index (χ0) is 23.0. The molecule has 3 rings (SSSR count). The summed E-state index contributed by atoms with van der Waals surface area (Å²) in [5.74, 6) is 5.26. The van der Waals surface area contributed by atoms with Crippen molar-refractivity contribution in [2.75, 3.05) is 0 Å². The summed E-state index contributed by atoms with van der Waals surface area (Å²) in [7, 11) is 0. The third-order valence-corrected chi connectivity index (χ3v) is 7.48. The molecule has 0 bridgehead atoms. The lowest BCUT2D eigenvalue weighted by atomic mass is 9.62.